The van der Waals surface area contributed by atoms with Crippen LogP contribution in [0.1, 0.15) is 44.9 Å². The highest BCUT2D eigenvalue weighted by Gasteiger charge is 2.27. The molecule has 2 atom stereocenters. The Kier molecular flexibility index (Phi) is 7.42. The van der Waals surface area contributed by atoms with Crippen LogP contribution in [0.3, 0.4) is 0 Å². The number of amides is 1. The number of piperidine rings is 1. The highest BCUT2D eigenvalue weighted by atomic mass is 32.2. The zero-order chi connectivity index (χ0) is 18.4. The number of hydrogen-bond donors (Lipinski definition) is 3. The van der Waals surface area contributed by atoms with Crippen LogP contribution in [-0.2, 0) is 21.2 Å². The maximum absolute atomic E-state index is 12.6. The van der Waals surface area contributed by atoms with Crippen LogP contribution < -0.4 is 15.4 Å². The monoisotopic (exact) mass is 387 g/mol. The molecule has 6 nitrogen and oxygen atoms in total. The molecule has 1 aliphatic rings. The van der Waals surface area contributed by atoms with Crippen molar-refractivity contribution in [3.63, 3.8) is 0 Å². The quantitative estimate of drug-likeness (QED) is 0.635. The minimum atomic E-state index is -3.49. The second-order valence-electron chi connectivity index (χ2n) is 7.03. The van der Waals surface area contributed by atoms with Crippen molar-refractivity contribution >= 4 is 27.3 Å². The molecule has 2 rings (SSSR count). The van der Waals surface area contributed by atoms with Gasteiger partial charge in [-0.05, 0) is 50.8 Å². The van der Waals surface area contributed by atoms with Crippen molar-refractivity contribution in [2.45, 2.75) is 62.7 Å². The van der Waals surface area contributed by atoms with E-state index < -0.39 is 10.0 Å². The van der Waals surface area contributed by atoms with Gasteiger partial charge in [-0.1, -0.05) is 13.8 Å². The van der Waals surface area contributed by atoms with E-state index in [0.717, 1.165) is 24.3 Å². The third-order valence-electron chi connectivity index (χ3n) is 4.26. The maximum atomic E-state index is 12.6. The van der Waals surface area contributed by atoms with E-state index in [1.165, 1.54) is 11.3 Å². The average Bonchev–Trinajstić information content (AvgIpc) is 2.98. The van der Waals surface area contributed by atoms with Crippen LogP contribution in [-0.4, -0.2) is 39.5 Å². The van der Waals surface area contributed by atoms with Crippen LogP contribution in [0.4, 0.5) is 0 Å². The van der Waals surface area contributed by atoms with Crippen LogP contribution in [0, 0.1) is 5.92 Å². The van der Waals surface area contributed by atoms with Gasteiger partial charge in [-0.2, -0.15) is 0 Å². The molecule has 8 heteroatoms. The lowest BCUT2D eigenvalue weighted by atomic mass is 10.0. The molecule has 25 heavy (non-hydrogen) atoms. The lowest BCUT2D eigenvalue weighted by molar-refractivity contribution is -0.121. The number of carbonyl (C=O) groups excluding carboxylic acids is 1. The zero-order valence-corrected chi connectivity index (χ0v) is 16.8. The van der Waals surface area contributed by atoms with Crippen molar-refractivity contribution in [1.82, 2.24) is 15.4 Å². The van der Waals surface area contributed by atoms with Gasteiger partial charge in [0.15, 0.2) is 0 Å². The Morgan fingerprint density at radius 1 is 1.40 bits per heavy atom. The average molecular weight is 388 g/mol. The highest BCUT2D eigenvalue weighted by molar-refractivity contribution is 7.91. The van der Waals surface area contributed by atoms with Gasteiger partial charge in [-0.3, -0.25) is 4.79 Å². The third kappa shape index (κ3) is 6.36. The van der Waals surface area contributed by atoms with E-state index in [0.29, 0.717) is 29.5 Å². The van der Waals surface area contributed by atoms with Crippen molar-refractivity contribution < 1.29 is 13.2 Å². The first-order valence-corrected chi connectivity index (χ1v) is 11.2. The SMILES string of the molecule is CC(C)CC(=O)NCCc1ccc(S(=O)(=O)NC2CCCNC2C)s1. The second kappa shape index (κ2) is 9.12. The predicted molar refractivity (Wildman–Crippen MR) is 101 cm³/mol. The van der Waals surface area contributed by atoms with Crippen LogP contribution in [0.15, 0.2) is 16.3 Å². The standard InChI is InChI=1S/C17H29N3O3S2/c1-12(2)11-16(21)19-10-8-14-6-7-17(24-14)25(22,23)20-15-5-4-9-18-13(15)3/h6-7,12-13,15,18,20H,4-5,8-11H2,1-3H3,(H,19,21). The molecule has 0 radical (unpaired) electrons. The van der Waals surface area contributed by atoms with Crippen LogP contribution in [0.5, 0.6) is 0 Å². The molecule has 0 bridgehead atoms. The summed E-state index contributed by atoms with van der Waals surface area (Å²) >= 11 is 1.27. The summed E-state index contributed by atoms with van der Waals surface area (Å²) in [7, 11) is -3.49. The van der Waals surface area contributed by atoms with Gasteiger partial charge in [0.25, 0.3) is 0 Å². The predicted octanol–water partition coefficient (Wildman–Crippen LogP) is 1.87. The van der Waals surface area contributed by atoms with Gasteiger partial charge in [0, 0.05) is 29.9 Å². The van der Waals surface area contributed by atoms with Gasteiger partial charge in [0.2, 0.25) is 15.9 Å². The highest BCUT2D eigenvalue weighted by Crippen LogP contribution is 2.23. The molecule has 142 valence electrons. The zero-order valence-electron chi connectivity index (χ0n) is 15.2. The lowest BCUT2D eigenvalue weighted by Gasteiger charge is -2.30. The van der Waals surface area contributed by atoms with Gasteiger partial charge in [-0.15, -0.1) is 11.3 Å². The third-order valence-corrected chi connectivity index (χ3v) is 7.38. The normalized spacial score (nSPS) is 21.4. The molecule has 1 amide bonds. The molecule has 1 aromatic rings. The van der Waals surface area contributed by atoms with Crippen LogP contribution in [0.25, 0.3) is 0 Å². The summed E-state index contributed by atoms with van der Waals surface area (Å²) in [5.74, 6) is 0.376. The first-order valence-electron chi connectivity index (χ1n) is 8.89. The number of hydrogen-bond acceptors (Lipinski definition) is 5. The van der Waals surface area contributed by atoms with E-state index in [2.05, 4.69) is 15.4 Å². The number of thiophene rings is 1. The molecule has 3 N–H and O–H groups in total. The van der Waals surface area contributed by atoms with Crippen molar-refractivity contribution in [2.75, 3.05) is 13.1 Å². The molecule has 1 aliphatic heterocycles. The number of nitrogens with one attached hydrogen (secondary N) is 3. The van der Waals surface area contributed by atoms with E-state index in [4.69, 9.17) is 0 Å². The molecule has 1 saturated heterocycles. The first kappa shape index (κ1) is 20.4. The van der Waals surface area contributed by atoms with E-state index in [1.807, 2.05) is 26.8 Å². The fourth-order valence-corrected chi connectivity index (χ4v) is 5.59. The van der Waals surface area contributed by atoms with Gasteiger partial charge < -0.3 is 10.6 Å². The molecular formula is C17H29N3O3S2. The first-order chi connectivity index (χ1) is 11.8. The topological polar surface area (TPSA) is 87.3 Å². The number of sulfonamides is 1. The summed E-state index contributed by atoms with van der Waals surface area (Å²) in [5.41, 5.74) is 0. The Bertz CT molecular complexity index is 670. The van der Waals surface area contributed by atoms with E-state index in [1.54, 1.807) is 6.07 Å². The summed E-state index contributed by atoms with van der Waals surface area (Å²) in [6, 6.07) is 3.55. The molecule has 0 spiro atoms. The molecular weight excluding hydrogens is 358 g/mol. The van der Waals surface area contributed by atoms with Crippen LogP contribution in [0.2, 0.25) is 0 Å². The second-order valence-corrected chi connectivity index (χ2v) is 10.1. The van der Waals surface area contributed by atoms with E-state index in [9.17, 15) is 13.2 Å². The fourth-order valence-electron chi connectivity index (χ4n) is 2.87. The summed E-state index contributed by atoms with van der Waals surface area (Å²) in [4.78, 5) is 12.6. The molecule has 0 saturated carbocycles. The summed E-state index contributed by atoms with van der Waals surface area (Å²) in [6.07, 6.45) is 2.99. The summed E-state index contributed by atoms with van der Waals surface area (Å²) in [6.45, 7) is 7.48. The van der Waals surface area contributed by atoms with Gasteiger partial charge in [-0.25, -0.2) is 13.1 Å². The number of carbonyl (C=O) groups is 1. The molecule has 0 aliphatic carbocycles. The molecule has 0 aromatic carbocycles. The van der Waals surface area contributed by atoms with E-state index in [-0.39, 0.29) is 18.0 Å². The fraction of sp³-hybridized carbons (Fsp3) is 0.706. The Hall–Kier alpha value is -0.960. The molecule has 2 unspecified atom stereocenters. The maximum Gasteiger partial charge on any atom is 0.250 e. The van der Waals surface area contributed by atoms with Crippen LogP contribution >= 0.6 is 11.3 Å². The van der Waals surface area contributed by atoms with Crippen molar-refractivity contribution in [3.05, 3.63) is 17.0 Å². The Balaban J connectivity index is 1.87. The lowest BCUT2D eigenvalue weighted by Crippen LogP contribution is -2.51. The molecule has 2 heterocycles. The van der Waals surface area contributed by atoms with Crippen molar-refractivity contribution in [2.24, 2.45) is 5.92 Å². The smallest absolute Gasteiger partial charge is 0.250 e. The Morgan fingerprint density at radius 3 is 2.84 bits per heavy atom. The minimum absolute atomic E-state index is 0.0415. The molecule has 1 fully saturated rings. The Labute approximate surface area is 154 Å². The van der Waals surface area contributed by atoms with Gasteiger partial charge in [0.05, 0.1) is 0 Å². The van der Waals surface area contributed by atoms with E-state index >= 15 is 0 Å². The molecule has 1 aromatic heterocycles. The Morgan fingerprint density at radius 2 is 2.16 bits per heavy atom. The minimum Gasteiger partial charge on any atom is -0.356 e. The van der Waals surface area contributed by atoms with Gasteiger partial charge in [0.1, 0.15) is 4.21 Å². The summed E-state index contributed by atoms with van der Waals surface area (Å²) in [5, 5.41) is 6.18. The summed E-state index contributed by atoms with van der Waals surface area (Å²) < 4.78 is 28.3. The largest absolute Gasteiger partial charge is 0.356 e. The van der Waals surface area contributed by atoms with Crippen molar-refractivity contribution in [1.29, 1.82) is 0 Å². The number of rotatable bonds is 8. The van der Waals surface area contributed by atoms with Crippen molar-refractivity contribution in [3.8, 4) is 0 Å². The van der Waals surface area contributed by atoms with Gasteiger partial charge >= 0.3 is 0 Å².